The average Bonchev–Trinajstić information content (AvgIpc) is 3.30. The van der Waals surface area contributed by atoms with Gasteiger partial charge >= 0.3 is 0 Å². The summed E-state index contributed by atoms with van der Waals surface area (Å²) in [6.45, 7) is -0.920. The Hall–Kier alpha value is -2.47. The van der Waals surface area contributed by atoms with E-state index in [-0.39, 0.29) is 21.2 Å². The van der Waals surface area contributed by atoms with Gasteiger partial charge in [0, 0.05) is 23.3 Å². The van der Waals surface area contributed by atoms with Crippen molar-refractivity contribution in [2.75, 3.05) is 6.54 Å². The normalized spacial score (nSPS) is 28.2. The summed E-state index contributed by atoms with van der Waals surface area (Å²) in [7, 11) is 0. The first-order valence-corrected chi connectivity index (χ1v) is 13.4. The Morgan fingerprint density at radius 2 is 1.45 bits per heavy atom. The lowest BCUT2D eigenvalue weighted by Gasteiger charge is -2.36. The summed E-state index contributed by atoms with van der Waals surface area (Å²) < 4.78 is 11.2. The number of allylic oxidation sites excluding steroid dienone is 2. The molecule has 2 bridgehead atoms. The fourth-order valence-corrected chi connectivity index (χ4v) is 8.15. The molecule has 3 aliphatic rings. The molecule has 40 heavy (non-hydrogen) atoms. The van der Waals surface area contributed by atoms with Crippen LogP contribution in [0.2, 0.25) is 0 Å². The van der Waals surface area contributed by atoms with Crippen molar-refractivity contribution in [2.24, 2.45) is 11.8 Å². The number of hydrogen-bond acceptors (Lipinski definition) is 6. The quantitative estimate of drug-likeness (QED) is 0.133. The molecule has 2 aromatic carbocycles. The van der Waals surface area contributed by atoms with Crippen molar-refractivity contribution in [3.05, 3.63) is 85.7 Å². The number of imide groups is 1. The second-order valence-corrected chi connectivity index (χ2v) is 12.4. The van der Waals surface area contributed by atoms with Gasteiger partial charge in [-0.05, 0) is 30.3 Å². The largest absolute Gasteiger partial charge is 0.292 e. The number of non-ortho nitro benzene ring substituents is 1. The van der Waals surface area contributed by atoms with Gasteiger partial charge in [0.2, 0.25) is 0 Å². The molecule has 2 aromatic rings. The van der Waals surface area contributed by atoms with Crippen molar-refractivity contribution in [1.82, 2.24) is 10.0 Å². The minimum atomic E-state index is -2.23. The molecule has 2 aliphatic carbocycles. The molecule has 0 N–H and O–H groups in total. The third-order valence-corrected chi connectivity index (χ3v) is 11.4. The van der Waals surface area contributed by atoms with Crippen LogP contribution in [0.5, 0.6) is 0 Å². The lowest BCUT2D eigenvalue weighted by molar-refractivity contribution is -0.384. The minimum absolute atomic E-state index is 0.0616. The standard InChI is InChI=1S/C24H12Cl6FN3O6/c25-17-18(26)23(28)16-15(22(17,27)24(23,29)30)20(37)33(21(16)38)32(9-14(35)10-4-6-12(31)7-5-10)19(36)11-2-1-3-13(8-11)34(39)40/h1-8,15-16H,9H2/t15-,16+,22-,23-/m1/s1. The van der Waals surface area contributed by atoms with Crippen LogP contribution in [-0.4, -0.2) is 59.1 Å². The maximum Gasteiger partial charge on any atom is 0.273 e. The number of Topliss-reactive ketones (excluding diaryl/α,β-unsaturated/α-hetero) is 1. The summed E-state index contributed by atoms with van der Waals surface area (Å²) >= 11 is 39.0. The Bertz CT molecular complexity index is 1520. The first kappa shape index (κ1) is 29.0. The zero-order valence-corrected chi connectivity index (χ0v) is 24.0. The molecular weight excluding hydrogens is 658 g/mol. The molecule has 208 valence electrons. The molecule has 0 spiro atoms. The Morgan fingerprint density at radius 3 is 1.95 bits per heavy atom. The summed E-state index contributed by atoms with van der Waals surface area (Å²) in [6.07, 6.45) is 0. The molecule has 1 aliphatic heterocycles. The Balaban J connectivity index is 1.61. The molecule has 1 saturated carbocycles. The number of hydrazine groups is 1. The van der Waals surface area contributed by atoms with Crippen LogP contribution in [0.3, 0.4) is 0 Å². The van der Waals surface area contributed by atoms with Gasteiger partial charge in [-0.15, -0.1) is 23.2 Å². The van der Waals surface area contributed by atoms with Gasteiger partial charge in [-0.3, -0.25) is 29.3 Å². The van der Waals surface area contributed by atoms with Gasteiger partial charge in [0.25, 0.3) is 23.4 Å². The summed E-state index contributed by atoms with van der Waals surface area (Å²) in [5.74, 6) is -8.03. The van der Waals surface area contributed by atoms with Gasteiger partial charge in [0.15, 0.2) is 10.1 Å². The molecule has 0 aromatic heterocycles. The van der Waals surface area contributed by atoms with Gasteiger partial charge in [0.1, 0.15) is 22.1 Å². The number of nitro benzene ring substituents is 1. The molecule has 9 nitrogen and oxygen atoms in total. The number of alkyl halides is 4. The van der Waals surface area contributed by atoms with Crippen molar-refractivity contribution in [1.29, 1.82) is 0 Å². The predicted octanol–water partition coefficient (Wildman–Crippen LogP) is 5.42. The van der Waals surface area contributed by atoms with E-state index in [2.05, 4.69) is 0 Å². The number of ketones is 1. The Kier molecular flexibility index (Phi) is 6.92. The lowest BCUT2D eigenvalue weighted by atomic mass is 9.84. The van der Waals surface area contributed by atoms with Gasteiger partial charge in [-0.25, -0.2) is 9.40 Å². The number of carbonyl (C=O) groups excluding carboxylic acids is 4. The topological polar surface area (TPSA) is 118 Å². The van der Waals surface area contributed by atoms with Crippen LogP contribution < -0.4 is 0 Å². The van der Waals surface area contributed by atoms with Crippen molar-refractivity contribution < 1.29 is 28.5 Å². The lowest BCUT2D eigenvalue weighted by Crippen LogP contribution is -2.56. The molecule has 5 rings (SSSR count). The molecule has 0 unspecified atom stereocenters. The zero-order valence-electron chi connectivity index (χ0n) is 19.4. The predicted molar refractivity (Wildman–Crippen MR) is 144 cm³/mol. The summed E-state index contributed by atoms with van der Waals surface area (Å²) in [5, 5.41) is 11.4. The smallest absolute Gasteiger partial charge is 0.273 e. The number of halogens is 7. The van der Waals surface area contributed by atoms with E-state index in [0.717, 1.165) is 36.4 Å². The average molecular weight is 670 g/mol. The van der Waals surface area contributed by atoms with E-state index in [1.54, 1.807) is 0 Å². The summed E-state index contributed by atoms with van der Waals surface area (Å²) in [6, 6.07) is 8.67. The van der Waals surface area contributed by atoms with Crippen molar-refractivity contribution in [3.63, 3.8) is 0 Å². The third kappa shape index (κ3) is 3.66. The summed E-state index contributed by atoms with van der Waals surface area (Å²) in [4.78, 5) is 60.7. The van der Waals surface area contributed by atoms with Crippen LogP contribution in [-0.2, 0) is 9.59 Å². The maximum atomic E-state index is 13.8. The zero-order chi connectivity index (χ0) is 29.5. The van der Waals surface area contributed by atoms with E-state index < -0.39 is 72.4 Å². The second kappa shape index (κ2) is 9.54. The summed E-state index contributed by atoms with van der Waals surface area (Å²) in [5.41, 5.74) is -0.865. The van der Waals surface area contributed by atoms with Gasteiger partial charge < -0.3 is 0 Å². The van der Waals surface area contributed by atoms with Crippen LogP contribution in [0.1, 0.15) is 20.7 Å². The number of rotatable bonds is 6. The number of amides is 3. The fourth-order valence-electron chi connectivity index (χ4n) is 5.22. The molecule has 4 atom stereocenters. The Morgan fingerprint density at radius 1 is 0.925 bits per heavy atom. The third-order valence-electron chi connectivity index (χ3n) is 7.12. The maximum absolute atomic E-state index is 13.8. The first-order chi connectivity index (χ1) is 18.6. The van der Waals surface area contributed by atoms with Crippen LogP contribution >= 0.6 is 69.6 Å². The number of nitrogens with zero attached hydrogens (tertiary/aromatic N) is 3. The number of carbonyl (C=O) groups is 4. The van der Waals surface area contributed by atoms with E-state index in [1.165, 1.54) is 12.1 Å². The van der Waals surface area contributed by atoms with E-state index in [1.807, 2.05) is 0 Å². The highest BCUT2D eigenvalue weighted by Crippen LogP contribution is 2.77. The monoisotopic (exact) mass is 667 g/mol. The van der Waals surface area contributed by atoms with Crippen molar-refractivity contribution in [2.45, 2.75) is 14.1 Å². The van der Waals surface area contributed by atoms with E-state index in [4.69, 9.17) is 69.6 Å². The van der Waals surface area contributed by atoms with E-state index >= 15 is 0 Å². The highest BCUT2D eigenvalue weighted by molar-refractivity contribution is 6.66. The first-order valence-electron chi connectivity index (χ1n) is 11.1. The molecule has 2 fully saturated rings. The fraction of sp³-hybridized carbons (Fsp3) is 0.250. The molecular formula is C24H12Cl6FN3O6. The SMILES string of the molecule is O=C(CN(C(=O)c1cccc([N+](=O)[O-])c1)N1C(=O)[C@@H]2[C@H](C1=O)[C@@]1(Cl)C(Cl)=C(Cl)[C@@]2(Cl)C1(Cl)Cl)c1ccc(F)cc1. The van der Waals surface area contributed by atoms with Crippen LogP contribution in [0.25, 0.3) is 0 Å². The van der Waals surface area contributed by atoms with E-state index in [9.17, 15) is 33.7 Å². The molecule has 3 amide bonds. The second-order valence-electron chi connectivity index (χ2n) is 9.17. The van der Waals surface area contributed by atoms with Crippen LogP contribution in [0, 0.1) is 27.8 Å². The number of nitro groups is 1. The highest BCUT2D eigenvalue weighted by atomic mass is 35.5. The highest BCUT2D eigenvalue weighted by Gasteiger charge is 2.88. The van der Waals surface area contributed by atoms with Gasteiger partial charge in [-0.2, -0.15) is 5.01 Å². The van der Waals surface area contributed by atoms with Crippen molar-refractivity contribution >= 4 is 98.8 Å². The minimum Gasteiger partial charge on any atom is -0.292 e. The van der Waals surface area contributed by atoms with Crippen LogP contribution in [0.15, 0.2) is 58.6 Å². The molecule has 16 heteroatoms. The van der Waals surface area contributed by atoms with Gasteiger partial charge in [0.05, 0.1) is 26.8 Å². The molecule has 1 saturated heterocycles. The van der Waals surface area contributed by atoms with E-state index in [0.29, 0.717) is 10.0 Å². The van der Waals surface area contributed by atoms with Crippen molar-refractivity contribution in [3.8, 4) is 0 Å². The van der Waals surface area contributed by atoms with Gasteiger partial charge in [-0.1, -0.05) is 52.5 Å². The molecule has 1 heterocycles. The Labute approximate surface area is 254 Å². The van der Waals surface area contributed by atoms with Crippen LogP contribution in [0.4, 0.5) is 10.1 Å². The number of fused-ring (bicyclic) bond motifs is 5. The number of hydrogen-bond donors (Lipinski definition) is 0. The molecule has 0 radical (unpaired) electrons. The number of benzene rings is 2.